The van der Waals surface area contributed by atoms with E-state index < -0.39 is 0 Å². The Morgan fingerprint density at radius 1 is 0.852 bits per heavy atom. The summed E-state index contributed by atoms with van der Waals surface area (Å²) in [6.45, 7) is 4.40. The Balaban J connectivity index is 1.61. The molecule has 0 amide bonds. The minimum absolute atomic E-state index is 0.0174. The van der Waals surface area contributed by atoms with Crippen LogP contribution in [-0.2, 0) is 16.0 Å². The van der Waals surface area contributed by atoms with Crippen LogP contribution in [0.4, 0.5) is 0 Å². The SMILES string of the molecule is CCCCCc1ccc(-c2ccc(C3CC(CCCC)C(=O)O3)cc2)cc1. The van der Waals surface area contributed by atoms with Gasteiger partial charge in [0.2, 0.25) is 0 Å². The van der Waals surface area contributed by atoms with Gasteiger partial charge in [-0.05, 0) is 41.5 Å². The van der Waals surface area contributed by atoms with Crippen LogP contribution in [0.2, 0.25) is 0 Å². The number of ether oxygens (including phenoxy) is 1. The first-order valence-electron chi connectivity index (χ1n) is 10.6. The molecule has 2 aromatic carbocycles. The second-order valence-corrected chi connectivity index (χ2v) is 7.78. The summed E-state index contributed by atoms with van der Waals surface area (Å²) >= 11 is 0. The molecule has 27 heavy (non-hydrogen) atoms. The van der Waals surface area contributed by atoms with Gasteiger partial charge in [0.05, 0.1) is 5.92 Å². The third-order valence-corrected chi connectivity index (χ3v) is 5.64. The average molecular weight is 365 g/mol. The monoisotopic (exact) mass is 364 g/mol. The highest BCUT2D eigenvalue weighted by Crippen LogP contribution is 2.36. The first kappa shape index (κ1) is 19.7. The van der Waals surface area contributed by atoms with E-state index in [-0.39, 0.29) is 18.0 Å². The van der Waals surface area contributed by atoms with Gasteiger partial charge in [0.15, 0.2) is 0 Å². The highest BCUT2D eigenvalue weighted by Gasteiger charge is 2.34. The molecule has 2 aromatic rings. The van der Waals surface area contributed by atoms with Gasteiger partial charge in [-0.2, -0.15) is 0 Å². The summed E-state index contributed by atoms with van der Waals surface area (Å²) in [5.41, 5.74) is 4.98. The minimum Gasteiger partial charge on any atom is -0.457 e. The fourth-order valence-corrected chi connectivity index (χ4v) is 3.86. The van der Waals surface area contributed by atoms with E-state index >= 15 is 0 Å². The van der Waals surface area contributed by atoms with Gasteiger partial charge in [0.25, 0.3) is 0 Å². The molecule has 1 heterocycles. The van der Waals surface area contributed by atoms with Gasteiger partial charge in [-0.3, -0.25) is 4.79 Å². The van der Waals surface area contributed by atoms with E-state index in [4.69, 9.17) is 4.74 Å². The number of carbonyl (C=O) groups is 1. The predicted molar refractivity (Wildman–Crippen MR) is 112 cm³/mol. The van der Waals surface area contributed by atoms with E-state index in [9.17, 15) is 4.79 Å². The fraction of sp³-hybridized carbons (Fsp3) is 0.480. The van der Waals surface area contributed by atoms with Gasteiger partial charge in [0.1, 0.15) is 6.10 Å². The third kappa shape index (κ3) is 5.22. The summed E-state index contributed by atoms with van der Waals surface area (Å²) in [7, 11) is 0. The standard InChI is InChI=1S/C25H32O2/c1-3-5-7-8-19-10-12-20(13-11-19)21-14-16-22(17-15-21)24-18-23(9-6-4-2)25(26)27-24/h10-17,23-24H,3-9,18H2,1-2H3. The number of benzene rings is 2. The lowest BCUT2D eigenvalue weighted by Gasteiger charge is -2.11. The van der Waals surface area contributed by atoms with Gasteiger partial charge in [0, 0.05) is 6.42 Å². The van der Waals surface area contributed by atoms with E-state index in [0.717, 1.165) is 31.2 Å². The smallest absolute Gasteiger partial charge is 0.309 e. The zero-order valence-electron chi connectivity index (χ0n) is 16.7. The molecule has 1 aliphatic rings. The molecule has 0 spiro atoms. The van der Waals surface area contributed by atoms with Gasteiger partial charge in [-0.25, -0.2) is 0 Å². The molecule has 0 aliphatic carbocycles. The molecule has 1 fully saturated rings. The number of aryl methyl sites for hydroxylation is 1. The Kier molecular flexibility index (Phi) is 7.09. The Hall–Kier alpha value is -2.09. The molecule has 1 aliphatic heterocycles. The summed E-state index contributed by atoms with van der Waals surface area (Å²) in [4.78, 5) is 12.1. The van der Waals surface area contributed by atoms with Crippen LogP contribution in [0.25, 0.3) is 11.1 Å². The minimum atomic E-state index is -0.0747. The number of carbonyl (C=O) groups excluding carboxylic acids is 1. The van der Waals surface area contributed by atoms with Crippen molar-refractivity contribution in [2.75, 3.05) is 0 Å². The van der Waals surface area contributed by atoms with E-state index in [1.165, 1.54) is 42.4 Å². The van der Waals surface area contributed by atoms with Crippen molar-refractivity contribution in [3.05, 3.63) is 59.7 Å². The van der Waals surface area contributed by atoms with Crippen molar-refractivity contribution in [2.45, 2.75) is 71.3 Å². The second-order valence-electron chi connectivity index (χ2n) is 7.78. The van der Waals surface area contributed by atoms with Crippen LogP contribution in [0.1, 0.15) is 76.0 Å². The highest BCUT2D eigenvalue weighted by molar-refractivity contribution is 5.75. The van der Waals surface area contributed by atoms with Crippen molar-refractivity contribution >= 4 is 5.97 Å². The predicted octanol–water partition coefficient (Wildman–Crippen LogP) is 6.88. The summed E-state index contributed by atoms with van der Waals surface area (Å²) in [5, 5.41) is 0. The molecule has 0 saturated carbocycles. The average Bonchev–Trinajstić information content (AvgIpc) is 3.08. The first-order chi connectivity index (χ1) is 13.2. The maximum atomic E-state index is 12.1. The van der Waals surface area contributed by atoms with Crippen LogP contribution >= 0.6 is 0 Å². The van der Waals surface area contributed by atoms with E-state index in [1.54, 1.807) is 0 Å². The van der Waals surface area contributed by atoms with Crippen molar-refractivity contribution in [1.82, 2.24) is 0 Å². The summed E-state index contributed by atoms with van der Waals surface area (Å²) in [5.74, 6) is 0.0612. The van der Waals surface area contributed by atoms with Crippen molar-refractivity contribution in [2.24, 2.45) is 5.92 Å². The molecular weight excluding hydrogens is 332 g/mol. The number of cyclic esters (lactones) is 1. The lowest BCUT2D eigenvalue weighted by atomic mass is 9.94. The zero-order chi connectivity index (χ0) is 19.1. The number of unbranched alkanes of at least 4 members (excludes halogenated alkanes) is 3. The maximum absolute atomic E-state index is 12.1. The molecule has 144 valence electrons. The third-order valence-electron chi connectivity index (χ3n) is 5.64. The number of esters is 1. The lowest BCUT2D eigenvalue weighted by molar-refractivity contribution is -0.144. The first-order valence-corrected chi connectivity index (χ1v) is 10.6. The molecule has 0 radical (unpaired) electrons. The van der Waals surface area contributed by atoms with Crippen LogP contribution in [0.5, 0.6) is 0 Å². The maximum Gasteiger partial charge on any atom is 0.309 e. The fourth-order valence-electron chi connectivity index (χ4n) is 3.86. The van der Waals surface area contributed by atoms with Crippen molar-refractivity contribution < 1.29 is 9.53 Å². The molecule has 3 rings (SSSR count). The molecule has 2 unspecified atom stereocenters. The quantitative estimate of drug-likeness (QED) is 0.358. The zero-order valence-corrected chi connectivity index (χ0v) is 16.7. The molecule has 0 bridgehead atoms. The van der Waals surface area contributed by atoms with Crippen LogP contribution in [0.15, 0.2) is 48.5 Å². The van der Waals surface area contributed by atoms with Gasteiger partial charge in [-0.15, -0.1) is 0 Å². The highest BCUT2D eigenvalue weighted by atomic mass is 16.5. The van der Waals surface area contributed by atoms with Crippen molar-refractivity contribution in [1.29, 1.82) is 0 Å². The van der Waals surface area contributed by atoms with Crippen LogP contribution < -0.4 is 0 Å². The number of rotatable bonds is 9. The molecule has 1 saturated heterocycles. The van der Waals surface area contributed by atoms with E-state index in [1.807, 2.05) is 0 Å². The summed E-state index contributed by atoms with van der Waals surface area (Å²) in [6, 6.07) is 17.4. The molecule has 0 N–H and O–H groups in total. The van der Waals surface area contributed by atoms with Gasteiger partial charge in [-0.1, -0.05) is 88.1 Å². The Labute approximate surface area is 164 Å². The topological polar surface area (TPSA) is 26.3 Å². The van der Waals surface area contributed by atoms with Crippen LogP contribution in [0, 0.1) is 5.92 Å². The Bertz CT molecular complexity index is 715. The molecule has 2 atom stereocenters. The Morgan fingerprint density at radius 3 is 2.11 bits per heavy atom. The van der Waals surface area contributed by atoms with Crippen molar-refractivity contribution in [3.8, 4) is 11.1 Å². The molecule has 2 heteroatoms. The van der Waals surface area contributed by atoms with E-state index in [2.05, 4.69) is 62.4 Å². The molecule has 0 aromatic heterocycles. The molecule has 2 nitrogen and oxygen atoms in total. The second kappa shape index (κ2) is 9.73. The lowest BCUT2D eigenvalue weighted by Crippen LogP contribution is -2.06. The number of hydrogen-bond acceptors (Lipinski definition) is 2. The van der Waals surface area contributed by atoms with E-state index in [0.29, 0.717) is 0 Å². The van der Waals surface area contributed by atoms with Crippen molar-refractivity contribution in [3.63, 3.8) is 0 Å². The summed E-state index contributed by atoms with van der Waals surface area (Å²) in [6.07, 6.45) is 8.92. The largest absolute Gasteiger partial charge is 0.457 e. The number of hydrogen-bond donors (Lipinski definition) is 0. The molecular formula is C25H32O2. The van der Waals surface area contributed by atoms with Gasteiger partial charge >= 0.3 is 5.97 Å². The van der Waals surface area contributed by atoms with Gasteiger partial charge < -0.3 is 4.74 Å². The Morgan fingerprint density at radius 2 is 1.48 bits per heavy atom. The van der Waals surface area contributed by atoms with Crippen LogP contribution in [0.3, 0.4) is 0 Å². The normalized spacial score (nSPS) is 19.3. The van der Waals surface area contributed by atoms with Crippen LogP contribution in [-0.4, -0.2) is 5.97 Å². The summed E-state index contributed by atoms with van der Waals surface area (Å²) < 4.78 is 5.63.